The summed E-state index contributed by atoms with van der Waals surface area (Å²) in [5.41, 5.74) is 16.8. The van der Waals surface area contributed by atoms with Gasteiger partial charge in [-0.25, -0.2) is 0 Å². The minimum Gasteiger partial charge on any atom is -0.319 e. The Bertz CT molecular complexity index is 2230. The van der Waals surface area contributed by atoms with Crippen LogP contribution in [-0.2, 0) is 20.2 Å². The van der Waals surface area contributed by atoms with Gasteiger partial charge in [0.1, 0.15) is 15.5 Å². The molecular formula is C32H26N6O6S2. The maximum atomic E-state index is 12.0. The van der Waals surface area contributed by atoms with Crippen LogP contribution < -0.4 is 16.6 Å². The van der Waals surface area contributed by atoms with Gasteiger partial charge in [-0.3, -0.25) is 25.4 Å². The molecule has 14 heteroatoms. The second kappa shape index (κ2) is 11.9. The molecule has 0 amide bonds. The Morgan fingerprint density at radius 3 is 1.67 bits per heavy atom. The van der Waals surface area contributed by atoms with Gasteiger partial charge >= 0.3 is 0 Å². The molecule has 0 saturated heterocycles. The number of hydrogen-bond donors (Lipinski definition) is 6. The molecule has 0 aromatic heterocycles. The zero-order valence-corrected chi connectivity index (χ0v) is 25.4. The second-order valence-corrected chi connectivity index (χ2v) is 13.1. The zero-order valence-electron chi connectivity index (χ0n) is 23.8. The summed E-state index contributed by atoms with van der Waals surface area (Å²) in [4.78, 5) is -0.600. The first-order valence-electron chi connectivity index (χ1n) is 13.7. The molecule has 4 aromatic rings. The molecule has 0 spiro atoms. The van der Waals surface area contributed by atoms with Crippen molar-refractivity contribution < 1.29 is 25.9 Å². The number of benzene rings is 4. The van der Waals surface area contributed by atoms with Crippen molar-refractivity contribution in [2.45, 2.75) is 6.04 Å². The van der Waals surface area contributed by atoms with E-state index in [0.29, 0.717) is 28.1 Å². The molecule has 0 radical (unpaired) electrons. The van der Waals surface area contributed by atoms with Crippen LogP contribution in [-0.4, -0.2) is 43.1 Å². The average Bonchev–Trinajstić information content (AvgIpc) is 3.04. The maximum Gasteiger partial charge on any atom is 0.295 e. The van der Waals surface area contributed by atoms with Crippen LogP contribution >= 0.6 is 0 Å². The van der Waals surface area contributed by atoms with Gasteiger partial charge in [0, 0.05) is 16.7 Å². The summed E-state index contributed by atoms with van der Waals surface area (Å²) in [5.74, 6) is 0. The van der Waals surface area contributed by atoms with Crippen molar-refractivity contribution in [3.05, 3.63) is 131 Å². The first kappa shape index (κ1) is 30.8. The van der Waals surface area contributed by atoms with Crippen molar-refractivity contribution in [2.24, 2.45) is 15.9 Å². The number of anilines is 2. The quantitative estimate of drug-likeness (QED) is 0.115. The summed E-state index contributed by atoms with van der Waals surface area (Å²) < 4.78 is 67.4. The van der Waals surface area contributed by atoms with Crippen LogP contribution in [0.25, 0.3) is 20.9 Å². The van der Waals surface area contributed by atoms with Crippen molar-refractivity contribution in [3.63, 3.8) is 0 Å². The monoisotopic (exact) mass is 654 g/mol. The minimum absolute atomic E-state index is 0.0103. The first-order valence-corrected chi connectivity index (χ1v) is 16.6. The summed E-state index contributed by atoms with van der Waals surface area (Å²) >= 11 is 0. The lowest BCUT2D eigenvalue weighted by molar-refractivity contribution is 0.494. The van der Waals surface area contributed by atoms with E-state index in [1.54, 1.807) is 66.7 Å². The van der Waals surface area contributed by atoms with Crippen LogP contribution in [0.5, 0.6) is 0 Å². The Morgan fingerprint density at radius 2 is 1.11 bits per heavy atom. The Hall–Kier alpha value is -5.25. The molecule has 6 rings (SSSR count). The molecule has 0 bridgehead atoms. The standard InChI is InChI=1S/C32H26N6O6S2/c33-31-25-7-3-1-5-23(25)29(45(39,40)41)17-27(31)37-35-21-13-9-19(10-14-21)20-11-15-22(16-12-20)36-38-28-18-30(46(42,43)44)24-6-2-4-8-26(24)32(28)34/h1-18,31,34-36H,33H2,(H,39,40,41)(H,42,43,44)/b34-32?,37-27+,38-28+. The van der Waals surface area contributed by atoms with Crippen molar-refractivity contribution in [2.75, 3.05) is 10.9 Å². The number of fused-ring (bicyclic) bond motifs is 2. The van der Waals surface area contributed by atoms with Gasteiger partial charge in [-0.05, 0) is 53.1 Å². The topological polar surface area (TPSA) is 207 Å². The summed E-state index contributed by atoms with van der Waals surface area (Å²) in [6.45, 7) is 0. The fourth-order valence-corrected chi connectivity index (χ4v) is 6.58. The highest BCUT2D eigenvalue weighted by Crippen LogP contribution is 2.33. The molecule has 0 heterocycles. The third-order valence-electron chi connectivity index (χ3n) is 7.42. The van der Waals surface area contributed by atoms with Gasteiger partial charge in [0.05, 0.1) is 28.8 Å². The van der Waals surface area contributed by atoms with Crippen molar-refractivity contribution in [1.29, 1.82) is 5.41 Å². The number of nitrogens with one attached hydrogen (secondary N) is 3. The van der Waals surface area contributed by atoms with E-state index in [1.807, 2.05) is 24.3 Å². The summed E-state index contributed by atoms with van der Waals surface area (Å²) in [6, 6.07) is 26.9. The van der Waals surface area contributed by atoms with Gasteiger partial charge in [-0.1, -0.05) is 72.8 Å². The average molecular weight is 655 g/mol. The third kappa shape index (κ3) is 6.15. The Kier molecular flexibility index (Phi) is 7.97. The maximum absolute atomic E-state index is 12.0. The molecule has 12 nitrogen and oxygen atoms in total. The molecule has 0 aliphatic heterocycles. The Labute approximate surface area is 264 Å². The Balaban J connectivity index is 1.16. The van der Waals surface area contributed by atoms with Gasteiger partial charge < -0.3 is 5.73 Å². The molecule has 232 valence electrons. The van der Waals surface area contributed by atoms with Gasteiger partial charge in [0.25, 0.3) is 20.2 Å². The van der Waals surface area contributed by atoms with Gasteiger partial charge in [-0.2, -0.15) is 27.0 Å². The Morgan fingerprint density at radius 1 is 0.630 bits per heavy atom. The third-order valence-corrected chi connectivity index (χ3v) is 9.21. The van der Waals surface area contributed by atoms with E-state index in [-0.39, 0.29) is 32.5 Å². The van der Waals surface area contributed by atoms with E-state index in [0.717, 1.165) is 17.2 Å². The molecule has 4 aromatic carbocycles. The number of allylic oxidation sites excluding steroid dienone is 1. The molecule has 1 unspecified atom stereocenters. The largest absolute Gasteiger partial charge is 0.319 e. The van der Waals surface area contributed by atoms with Gasteiger partial charge in [-0.15, -0.1) is 0 Å². The predicted octanol–water partition coefficient (Wildman–Crippen LogP) is 5.14. The van der Waals surface area contributed by atoms with Crippen LogP contribution in [0.2, 0.25) is 0 Å². The smallest absolute Gasteiger partial charge is 0.295 e. The number of nitrogens with two attached hydrogens (primary N) is 1. The molecule has 1 atom stereocenters. The first-order chi connectivity index (χ1) is 21.9. The molecule has 7 N–H and O–H groups in total. The van der Waals surface area contributed by atoms with Crippen molar-refractivity contribution in [1.82, 2.24) is 0 Å². The predicted molar refractivity (Wildman–Crippen MR) is 180 cm³/mol. The minimum atomic E-state index is -4.54. The number of rotatable bonds is 7. The summed E-state index contributed by atoms with van der Waals surface area (Å²) in [7, 11) is -9.05. The second-order valence-electron chi connectivity index (χ2n) is 10.4. The SMILES string of the molecule is N=C1/C(=N/Nc2ccc(-c3ccc(N/N=C4\C=C(S(=O)(=O)O)c5ccccc5C4N)cc3)cc2)C=C(S(=O)(=O)O)c2ccccc21. The molecule has 2 aliphatic carbocycles. The normalized spacial score (nSPS) is 18.0. The van der Waals surface area contributed by atoms with Gasteiger partial charge in [0.15, 0.2) is 0 Å². The molecule has 0 fully saturated rings. The van der Waals surface area contributed by atoms with Crippen LogP contribution in [0.4, 0.5) is 11.4 Å². The lowest BCUT2D eigenvalue weighted by atomic mass is 9.92. The van der Waals surface area contributed by atoms with E-state index < -0.39 is 26.3 Å². The van der Waals surface area contributed by atoms with E-state index in [4.69, 9.17) is 11.1 Å². The van der Waals surface area contributed by atoms with Crippen molar-refractivity contribution in [3.8, 4) is 11.1 Å². The van der Waals surface area contributed by atoms with Crippen LogP contribution in [0.3, 0.4) is 0 Å². The summed E-state index contributed by atoms with van der Waals surface area (Å²) in [6.07, 6.45) is 2.41. The highest BCUT2D eigenvalue weighted by atomic mass is 32.2. The van der Waals surface area contributed by atoms with Crippen LogP contribution in [0, 0.1) is 5.41 Å². The van der Waals surface area contributed by atoms with E-state index in [9.17, 15) is 25.9 Å². The molecule has 2 aliphatic rings. The lowest BCUT2D eigenvalue weighted by Crippen LogP contribution is -2.27. The molecule has 0 saturated carbocycles. The van der Waals surface area contributed by atoms with Crippen LogP contribution in [0.15, 0.2) is 119 Å². The summed E-state index contributed by atoms with van der Waals surface area (Å²) in [5, 5.41) is 17.0. The van der Waals surface area contributed by atoms with E-state index >= 15 is 0 Å². The number of nitrogens with zero attached hydrogens (tertiary/aromatic N) is 2. The number of hydrazone groups is 2. The molecular weight excluding hydrogens is 629 g/mol. The van der Waals surface area contributed by atoms with Crippen molar-refractivity contribution >= 4 is 58.6 Å². The lowest BCUT2D eigenvalue weighted by Gasteiger charge is -2.22. The zero-order chi connectivity index (χ0) is 32.6. The van der Waals surface area contributed by atoms with Crippen LogP contribution in [0.1, 0.15) is 28.3 Å². The number of hydrogen-bond acceptors (Lipinski definition) is 10. The molecule has 46 heavy (non-hydrogen) atoms. The highest BCUT2D eigenvalue weighted by Gasteiger charge is 2.30. The van der Waals surface area contributed by atoms with Gasteiger partial charge in [0.2, 0.25) is 0 Å². The van der Waals surface area contributed by atoms with E-state index in [1.165, 1.54) is 12.1 Å². The highest BCUT2D eigenvalue weighted by molar-refractivity contribution is 7.95. The fraction of sp³-hybridized carbons (Fsp3) is 0.0312. The van der Waals surface area contributed by atoms with E-state index in [2.05, 4.69) is 21.1 Å². The fourth-order valence-electron chi connectivity index (χ4n) is 5.13.